The maximum Gasteiger partial charge on any atom is 0.221 e. The third kappa shape index (κ3) is 2.08. The third-order valence-corrected chi connectivity index (χ3v) is 1.78. The van der Waals surface area contributed by atoms with E-state index in [1.807, 2.05) is 14.0 Å². The molecule has 0 amide bonds. The number of aromatic nitrogens is 2. The summed E-state index contributed by atoms with van der Waals surface area (Å²) in [5.74, 6) is 1.53. The molecule has 0 aromatic carbocycles. The van der Waals surface area contributed by atoms with E-state index in [0.717, 1.165) is 17.8 Å². The molecular formula is C9H15N3O. The quantitative estimate of drug-likeness (QED) is 0.764. The predicted molar refractivity (Wildman–Crippen MR) is 52.1 cm³/mol. The van der Waals surface area contributed by atoms with Gasteiger partial charge >= 0.3 is 0 Å². The molecule has 0 radical (unpaired) electrons. The summed E-state index contributed by atoms with van der Waals surface area (Å²) in [6, 6.07) is 0. The highest BCUT2D eigenvalue weighted by Crippen LogP contribution is 2.21. The maximum atomic E-state index is 5.38. The predicted octanol–water partition coefficient (Wildman–Crippen LogP) is 1.48. The standard InChI is InChI=1S/C9H15N3O/c1-4-7-8(10-3)11-6-12-9(7)13-5-2/h6H,4-5H2,1-3H3,(H,10,11,12). The highest BCUT2D eigenvalue weighted by molar-refractivity contribution is 5.48. The highest BCUT2D eigenvalue weighted by atomic mass is 16.5. The minimum atomic E-state index is 0.632. The van der Waals surface area contributed by atoms with Crippen LogP contribution in [0.3, 0.4) is 0 Å². The van der Waals surface area contributed by atoms with E-state index in [2.05, 4.69) is 22.2 Å². The zero-order chi connectivity index (χ0) is 9.68. The highest BCUT2D eigenvalue weighted by Gasteiger charge is 2.08. The zero-order valence-corrected chi connectivity index (χ0v) is 8.29. The molecule has 0 saturated heterocycles. The van der Waals surface area contributed by atoms with Crippen molar-refractivity contribution in [2.24, 2.45) is 0 Å². The van der Waals surface area contributed by atoms with E-state index in [9.17, 15) is 0 Å². The van der Waals surface area contributed by atoms with Crippen LogP contribution in [-0.2, 0) is 6.42 Å². The fourth-order valence-electron chi connectivity index (χ4n) is 1.19. The first-order chi connectivity index (χ1) is 6.33. The van der Waals surface area contributed by atoms with Crippen molar-refractivity contribution in [3.05, 3.63) is 11.9 Å². The molecule has 0 atom stereocenters. The number of nitrogens with one attached hydrogen (secondary N) is 1. The molecule has 13 heavy (non-hydrogen) atoms. The Kier molecular flexibility index (Phi) is 3.49. The number of nitrogens with zero attached hydrogens (tertiary/aromatic N) is 2. The summed E-state index contributed by atoms with van der Waals surface area (Å²) in [5.41, 5.74) is 1.03. The average Bonchev–Trinajstić information content (AvgIpc) is 2.18. The summed E-state index contributed by atoms with van der Waals surface area (Å²) in [6.45, 7) is 4.63. The Balaban J connectivity index is 3.03. The molecule has 1 rings (SSSR count). The molecule has 72 valence electrons. The van der Waals surface area contributed by atoms with Crippen molar-refractivity contribution in [1.29, 1.82) is 0 Å². The molecule has 0 unspecified atom stereocenters. The minimum absolute atomic E-state index is 0.632. The summed E-state index contributed by atoms with van der Waals surface area (Å²) >= 11 is 0. The topological polar surface area (TPSA) is 47.0 Å². The molecule has 4 nitrogen and oxygen atoms in total. The van der Waals surface area contributed by atoms with Crippen molar-refractivity contribution in [3.63, 3.8) is 0 Å². The fourth-order valence-corrected chi connectivity index (χ4v) is 1.19. The smallest absolute Gasteiger partial charge is 0.221 e. The molecule has 0 bridgehead atoms. The Morgan fingerprint density at radius 2 is 2.15 bits per heavy atom. The second-order valence-electron chi connectivity index (χ2n) is 2.54. The molecular weight excluding hydrogens is 166 g/mol. The van der Waals surface area contributed by atoms with Gasteiger partial charge in [0.2, 0.25) is 5.88 Å². The van der Waals surface area contributed by atoms with Crippen LogP contribution < -0.4 is 10.1 Å². The largest absolute Gasteiger partial charge is 0.478 e. The van der Waals surface area contributed by atoms with Gasteiger partial charge in [-0.05, 0) is 13.3 Å². The van der Waals surface area contributed by atoms with Gasteiger partial charge in [-0.25, -0.2) is 9.97 Å². The Morgan fingerprint density at radius 1 is 1.38 bits per heavy atom. The van der Waals surface area contributed by atoms with E-state index in [1.165, 1.54) is 6.33 Å². The summed E-state index contributed by atoms with van der Waals surface area (Å²) in [4.78, 5) is 8.18. The number of ether oxygens (including phenoxy) is 1. The second kappa shape index (κ2) is 4.64. The third-order valence-electron chi connectivity index (χ3n) is 1.78. The van der Waals surface area contributed by atoms with Gasteiger partial charge in [-0.3, -0.25) is 0 Å². The molecule has 1 aromatic heterocycles. The van der Waals surface area contributed by atoms with Gasteiger partial charge in [0.05, 0.1) is 12.2 Å². The fraction of sp³-hybridized carbons (Fsp3) is 0.556. The van der Waals surface area contributed by atoms with Gasteiger partial charge in [0.1, 0.15) is 12.1 Å². The number of hydrogen-bond donors (Lipinski definition) is 1. The lowest BCUT2D eigenvalue weighted by atomic mass is 10.2. The molecule has 0 aliphatic carbocycles. The van der Waals surface area contributed by atoms with Crippen LogP contribution in [0.4, 0.5) is 5.82 Å². The van der Waals surface area contributed by atoms with Crippen LogP contribution in [0.15, 0.2) is 6.33 Å². The summed E-state index contributed by atoms with van der Waals surface area (Å²) in [7, 11) is 1.84. The van der Waals surface area contributed by atoms with Crippen molar-refractivity contribution in [1.82, 2.24) is 9.97 Å². The summed E-state index contributed by atoms with van der Waals surface area (Å²) in [6.07, 6.45) is 2.38. The van der Waals surface area contributed by atoms with E-state index < -0.39 is 0 Å². The first kappa shape index (κ1) is 9.77. The van der Waals surface area contributed by atoms with E-state index in [-0.39, 0.29) is 0 Å². The average molecular weight is 181 g/mol. The lowest BCUT2D eigenvalue weighted by molar-refractivity contribution is 0.322. The van der Waals surface area contributed by atoms with Gasteiger partial charge in [0.25, 0.3) is 0 Å². The van der Waals surface area contributed by atoms with Crippen LogP contribution in [0, 0.1) is 0 Å². The lowest BCUT2D eigenvalue weighted by Crippen LogP contribution is -2.04. The van der Waals surface area contributed by atoms with Crippen molar-refractivity contribution < 1.29 is 4.74 Å². The van der Waals surface area contributed by atoms with Gasteiger partial charge in [0.15, 0.2) is 0 Å². The SMILES string of the molecule is CCOc1ncnc(NC)c1CC. The van der Waals surface area contributed by atoms with Crippen LogP contribution in [0.2, 0.25) is 0 Å². The van der Waals surface area contributed by atoms with Crippen LogP contribution >= 0.6 is 0 Å². The summed E-state index contributed by atoms with van der Waals surface area (Å²) < 4.78 is 5.38. The first-order valence-corrected chi connectivity index (χ1v) is 4.47. The Bertz CT molecular complexity index is 276. The van der Waals surface area contributed by atoms with Crippen LogP contribution in [0.1, 0.15) is 19.4 Å². The van der Waals surface area contributed by atoms with Gasteiger partial charge < -0.3 is 10.1 Å². The Morgan fingerprint density at radius 3 is 2.69 bits per heavy atom. The summed E-state index contributed by atoms with van der Waals surface area (Å²) in [5, 5.41) is 3.01. The molecule has 0 saturated carbocycles. The van der Waals surface area contributed by atoms with Crippen molar-refractivity contribution in [3.8, 4) is 5.88 Å². The van der Waals surface area contributed by atoms with Gasteiger partial charge in [-0.15, -0.1) is 0 Å². The molecule has 1 aromatic rings. The molecule has 0 aliphatic rings. The van der Waals surface area contributed by atoms with E-state index in [0.29, 0.717) is 12.5 Å². The Labute approximate surface area is 78.4 Å². The molecule has 4 heteroatoms. The molecule has 0 aliphatic heterocycles. The van der Waals surface area contributed by atoms with E-state index in [1.54, 1.807) is 0 Å². The van der Waals surface area contributed by atoms with E-state index in [4.69, 9.17) is 4.74 Å². The Hall–Kier alpha value is -1.32. The van der Waals surface area contributed by atoms with Crippen molar-refractivity contribution in [2.75, 3.05) is 19.0 Å². The van der Waals surface area contributed by atoms with Gasteiger partial charge in [0, 0.05) is 7.05 Å². The maximum absolute atomic E-state index is 5.38. The second-order valence-corrected chi connectivity index (χ2v) is 2.54. The zero-order valence-electron chi connectivity index (χ0n) is 8.29. The minimum Gasteiger partial charge on any atom is -0.478 e. The van der Waals surface area contributed by atoms with Gasteiger partial charge in [-0.1, -0.05) is 6.92 Å². The molecule has 1 N–H and O–H groups in total. The lowest BCUT2D eigenvalue weighted by Gasteiger charge is -2.10. The van der Waals surface area contributed by atoms with Gasteiger partial charge in [-0.2, -0.15) is 0 Å². The first-order valence-electron chi connectivity index (χ1n) is 4.47. The van der Waals surface area contributed by atoms with Crippen molar-refractivity contribution in [2.45, 2.75) is 20.3 Å². The van der Waals surface area contributed by atoms with Crippen LogP contribution in [0.25, 0.3) is 0 Å². The normalized spacial score (nSPS) is 9.77. The van der Waals surface area contributed by atoms with Crippen LogP contribution in [0.5, 0.6) is 5.88 Å². The number of anilines is 1. The van der Waals surface area contributed by atoms with Crippen molar-refractivity contribution >= 4 is 5.82 Å². The monoisotopic (exact) mass is 181 g/mol. The molecule has 0 fully saturated rings. The molecule has 0 spiro atoms. The number of hydrogen-bond acceptors (Lipinski definition) is 4. The van der Waals surface area contributed by atoms with E-state index >= 15 is 0 Å². The molecule has 1 heterocycles. The van der Waals surface area contributed by atoms with Crippen LogP contribution in [-0.4, -0.2) is 23.6 Å². The number of rotatable bonds is 4.